The Kier molecular flexibility index (Phi) is 6.31. The number of methoxy groups -OCH3 is 1. The summed E-state index contributed by atoms with van der Waals surface area (Å²) in [7, 11) is 1.59. The molecule has 0 aliphatic rings. The molecule has 2 aromatic carbocycles. The van der Waals surface area contributed by atoms with Gasteiger partial charge >= 0.3 is 0 Å². The number of ether oxygens (including phenoxy) is 1. The van der Waals surface area contributed by atoms with Gasteiger partial charge in [-0.2, -0.15) is 0 Å². The SMILES string of the molecule is COc1ccccc1/C=C/C(=O)NC(=S)Nc1ccccc1Br. The number of para-hydroxylation sites is 2. The fourth-order valence-electron chi connectivity index (χ4n) is 1.84. The first-order valence-corrected chi connectivity index (χ1v) is 7.98. The molecule has 0 radical (unpaired) electrons. The van der Waals surface area contributed by atoms with Crippen LogP contribution in [0.1, 0.15) is 5.56 Å². The number of carbonyl (C=O) groups excluding carboxylic acids is 1. The summed E-state index contributed by atoms with van der Waals surface area (Å²) >= 11 is 8.53. The number of rotatable bonds is 4. The molecule has 0 saturated carbocycles. The molecule has 0 bridgehead atoms. The third-order valence-electron chi connectivity index (χ3n) is 2.91. The Hall–Kier alpha value is -2.18. The minimum absolute atomic E-state index is 0.228. The zero-order valence-corrected chi connectivity index (χ0v) is 14.8. The van der Waals surface area contributed by atoms with Crippen LogP contribution >= 0.6 is 28.1 Å². The molecule has 2 N–H and O–H groups in total. The number of hydrogen-bond acceptors (Lipinski definition) is 3. The van der Waals surface area contributed by atoms with Gasteiger partial charge < -0.3 is 10.1 Å². The maximum absolute atomic E-state index is 11.9. The van der Waals surface area contributed by atoms with Crippen LogP contribution in [0.25, 0.3) is 6.08 Å². The maximum atomic E-state index is 11.9. The van der Waals surface area contributed by atoms with Crippen molar-refractivity contribution in [3.05, 3.63) is 64.6 Å². The van der Waals surface area contributed by atoms with E-state index in [2.05, 4.69) is 26.6 Å². The Morgan fingerprint density at radius 3 is 2.61 bits per heavy atom. The van der Waals surface area contributed by atoms with Crippen LogP contribution in [0.15, 0.2) is 59.1 Å². The van der Waals surface area contributed by atoms with E-state index in [9.17, 15) is 4.79 Å². The van der Waals surface area contributed by atoms with Gasteiger partial charge in [0.15, 0.2) is 5.11 Å². The van der Waals surface area contributed by atoms with Gasteiger partial charge in [-0.3, -0.25) is 10.1 Å². The molecule has 0 saturated heterocycles. The third kappa shape index (κ3) is 5.19. The highest BCUT2D eigenvalue weighted by Gasteiger charge is 2.04. The molecular formula is C17H15BrN2O2S. The van der Waals surface area contributed by atoms with E-state index in [-0.39, 0.29) is 11.0 Å². The standard InChI is InChI=1S/C17H15BrN2O2S/c1-22-15-9-5-2-6-12(15)10-11-16(21)20-17(23)19-14-8-4-3-7-13(14)18/h2-11H,1H3,(H2,19,20,21,23)/b11-10+. The van der Waals surface area contributed by atoms with Crippen molar-refractivity contribution < 1.29 is 9.53 Å². The molecule has 23 heavy (non-hydrogen) atoms. The number of carbonyl (C=O) groups is 1. The predicted octanol–water partition coefficient (Wildman–Crippen LogP) is 3.98. The molecule has 4 nitrogen and oxygen atoms in total. The summed E-state index contributed by atoms with van der Waals surface area (Å²) in [5.74, 6) is 0.380. The lowest BCUT2D eigenvalue weighted by atomic mass is 10.2. The topological polar surface area (TPSA) is 50.4 Å². The average Bonchev–Trinajstić information content (AvgIpc) is 2.55. The third-order valence-corrected chi connectivity index (χ3v) is 3.81. The van der Waals surface area contributed by atoms with E-state index in [1.54, 1.807) is 13.2 Å². The van der Waals surface area contributed by atoms with E-state index in [4.69, 9.17) is 17.0 Å². The van der Waals surface area contributed by atoms with E-state index in [0.717, 1.165) is 15.7 Å². The van der Waals surface area contributed by atoms with Crippen molar-refractivity contribution in [2.24, 2.45) is 0 Å². The Balaban J connectivity index is 1.95. The van der Waals surface area contributed by atoms with Crippen molar-refractivity contribution in [1.82, 2.24) is 5.32 Å². The largest absolute Gasteiger partial charge is 0.496 e. The second-order valence-corrected chi connectivity index (χ2v) is 5.76. The van der Waals surface area contributed by atoms with Crippen molar-refractivity contribution in [3.8, 4) is 5.75 Å². The predicted molar refractivity (Wildman–Crippen MR) is 101 cm³/mol. The first-order chi connectivity index (χ1) is 11.1. The lowest BCUT2D eigenvalue weighted by Crippen LogP contribution is -2.32. The monoisotopic (exact) mass is 390 g/mol. The van der Waals surface area contributed by atoms with Gasteiger partial charge in [-0.1, -0.05) is 30.3 Å². The van der Waals surface area contributed by atoms with Gasteiger partial charge in [-0.05, 0) is 52.4 Å². The molecule has 0 aliphatic heterocycles. The van der Waals surface area contributed by atoms with E-state index in [1.165, 1.54) is 6.08 Å². The molecule has 1 amide bonds. The Morgan fingerprint density at radius 2 is 1.87 bits per heavy atom. The van der Waals surface area contributed by atoms with Crippen LogP contribution in [-0.4, -0.2) is 18.1 Å². The van der Waals surface area contributed by atoms with Crippen molar-refractivity contribution in [2.75, 3.05) is 12.4 Å². The molecule has 0 atom stereocenters. The summed E-state index contributed by atoms with van der Waals surface area (Å²) in [6.07, 6.45) is 3.08. The molecular weight excluding hydrogens is 376 g/mol. The van der Waals surface area contributed by atoms with Gasteiger partial charge in [-0.25, -0.2) is 0 Å². The Bertz CT molecular complexity index is 747. The highest BCUT2D eigenvalue weighted by Crippen LogP contribution is 2.21. The van der Waals surface area contributed by atoms with Crippen molar-refractivity contribution in [1.29, 1.82) is 0 Å². The number of halogens is 1. The minimum atomic E-state index is -0.319. The lowest BCUT2D eigenvalue weighted by Gasteiger charge is -2.09. The van der Waals surface area contributed by atoms with Crippen LogP contribution in [0.2, 0.25) is 0 Å². The van der Waals surface area contributed by atoms with Crippen LogP contribution in [-0.2, 0) is 4.79 Å². The highest BCUT2D eigenvalue weighted by atomic mass is 79.9. The number of benzene rings is 2. The van der Waals surface area contributed by atoms with Crippen LogP contribution < -0.4 is 15.4 Å². The van der Waals surface area contributed by atoms with Crippen LogP contribution in [0.4, 0.5) is 5.69 Å². The van der Waals surface area contributed by atoms with E-state index in [0.29, 0.717) is 5.75 Å². The fraction of sp³-hybridized carbons (Fsp3) is 0.0588. The summed E-state index contributed by atoms with van der Waals surface area (Å²) in [6, 6.07) is 14.9. The molecule has 2 rings (SSSR count). The second kappa shape index (κ2) is 8.45. The van der Waals surface area contributed by atoms with Crippen molar-refractivity contribution in [3.63, 3.8) is 0 Å². The lowest BCUT2D eigenvalue weighted by molar-refractivity contribution is -0.115. The first-order valence-electron chi connectivity index (χ1n) is 6.77. The number of nitrogens with one attached hydrogen (secondary N) is 2. The van der Waals surface area contributed by atoms with E-state index in [1.807, 2.05) is 48.5 Å². The first kappa shape index (κ1) is 17.2. The number of anilines is 1. The minimum Gasteiger partial charge on any atom is -0.496 e. The van der Waals surface area contributed by atoms with Crippen LogP contribution in [0.5, 0.6) is 5.75 Å². The van der Waals surface area contributed by atoms with Crippen LogP contribution in [0, 0.1) is 0 Å². The number of hydrogen-bond donors (Lipinski definition) is 2. The molecule has 118 valence electrons. The van der Waals surface area contributed by atoms with Gasteiger partial charge in [0.1, 0.15) is 5.75 Å². The molecule has 2 aromatic rings. The number of thiocarbonyl (C=S) groups is 1. The summed E-state index contributed by atoms with van der Waals surface area (Å²) in [5.41, 5.74) is 1.60. The zero-order chi connectivity index (χ0) is 16.7. The summed E-state index contributed by atoms with van der Waals surface area (Å²) in [5, 5.41) is 5.78. The van der Waals surface area contributed by atoms with Gasteiger partial charge in [0.05, 0.1) is 12.8 Å². The van der Waals surface area contributed by atoms with Gasteiger partial charge in [0.2, 0.25) is 5.91 Å². The average molecular weight is 391 g/mol. The summed E-state index contributed by atoms with van der Waals surface area (Å²) in [4.78, 5) is 11.9. The Morgan fingerprint density at radius 1 is 1.17 bits per heavy atom. The maximum Gasteiger partial charge on any atom is 0.250 e. The van der Waals surface area contributed by atoms with Gasteiger partial charge in [0, 0.05) is 16.1 Å². The van der Waals surface area contributed by atoms with Crippen molar-refractivity contribution >= 4 is 50.9 Å². The normalized spacial score (nSPS) is 10.3. The molecule has 0 aromatic heterocycles. The summed E-state index contributed by atoms with van der Waals surface area (Å²) in [6.45, 7) is 0. The molecule has 0 fully saturated rings. The van der Waals surface area contributed by atoms with Crippen LogP contribution in [0.3, 0.4) is 0 Å². The molecule has 6 heteroatoms. The fourth-order valence-corrected chi connectivity index (χ4v) is 2.43. The molecule has 0 aliphatic carbocycles. The van der Waals surface area contributed by atoms with E-state index < -0.39 is 0 Å². The Labute approximate surface area is 148 Å². The number of amides is 1. The smallest absolute Gasteiger partial charge is 0.250 e. The van der Waals surface area contributed by atoms with Crippen molar-refractivity contribution in [2.45, 2.75) is 0 Å². The zero-order valence-electron chi connectivity index (χ0n) is 12.4. The van der Waals surface area contributed by atoms with Gasteiger partial charge in [0.25, 0.3) is 0 Å². The molecule has 0 unspecified atom stereocenters. The molecule has 0 heterocycles. The second-order valence-electron chi connectivity index (χ2n) is 4.50. The molecule has 0 spiro atoms. The highest BCUT2D eigenvalue weighted by molar-refractivity contribution is 9.10. The van der Waals surface area contributed by atoms with Gasteiger partial charge in [-0.15, -0.1) is 0 Å². The quantitative estimate of drug-likeness (QED) is 0.612. The van der Waals surface area contributed by atoms with E-state index >= 15 is 0 Å². The summed E-state index contributed by atoms with van der Waals surface area (Å²) < 4.78 is 6.09.